The first-order valence-electron chi connectivity index (χ1n) is 11.5. The number of rotatable bonds is 9. The van der Waals surface area contributed by atoms with Crippen LogP contribution in [-0.4, -0.2) is 50.6 Å². The Kier molecular flexibility index (Phi) is 8.62. The second-order valence-corrected chi connectivity index (χ2v) is 12.2. The molecule has 0 saturated carbocycles. The Bertz CT molecular complexity index is 1380. The van der Waals surface area contributed by atoms with E-state index < -0.39 is 49.5 Å². The standard InChI is InChI=1S/C24H25ClF2N3O7PS/c1-13-3-7-15(8-4-13)36-38(39,37-16-9-5-14(2)6-10-16)34-12-24(22(26)27)19(32)18(31)21(35-24)30-11-17(25)20(28)29-23(30)33/h3-11,18-19,21-22,31-32H,12H2,1-2H3,(H2,28,29,33)/t18-,19-,21+,24+/m0/s1. The molecule has 4 N–H and O–H groups in total. The van der Waals surface area contributed by atoms with Crippen molar-refractivity contribution in [2.45, 2.75) is 44.3 Å². The van der Waals surface area contributed by atoms with Crippen LogP contribution in [0.15, 0.2) is 59.5 Å². The lowest BCUT2D eigenvalue weighted by atomic mass is 9.96. The maximum absolute atomic E-state index is 14.5. The summed E-state index contributed by atoms with van der Waals surface area (Å²) in [6, 6.07) is 13.4. The van der Waals surface area contributed by atoms with Gasteiger partial charge in [-0.3, -0.25) is 9.09 Å². The lowest BCUT2D eigenvalue weighted by Crippen LogP contribution is -2.52. The van der Waals surface area contributed by atoms with Crippen molar-refractivity contribution in [1.82, 2.24) is 9.55 Å². The lowest BCUT2D eigenvalue weighted by molar-refractivity contribution is -0.192. The van der Waals surface area contributed by atoms with Gasteiger partial charge in [0, 0.05) is 18.0 Å². The van der Waals surface area contributed by atoms with Gasteiger partial charge in [0.2, 0.25) is 0 Å². The number of aryl methyl sites for hydroxylation is 2. The molecule has 1 aliphatic rings. The highest BCUT2D eigenvalue weighted by Gasteiger charge is 2.61. The molecular weight excluding hydrogens is 579 g/mol. The van der Waals surface area contributed by atoms with Gasteiger partial charge >= 0.3 is 12.4 Å². The highest BCUT2D eigenvalue weighted by molar-refractivity contribution is 8.07. The van der Waals surface area contributed by atoms with Crippen LogP contribution in [0.2, 0.25) is 5.02 Å². The van der Waals surface area contributed by atoms with Crippen LogP contribution in [0, 0.1) is 13.8 Å². The van der Waals surface area contributed by atoms with Gasteiger partial charge in [-0.15, -0.1) is 0 Å². The van der Waals surface area contributed by atoms with Gasteiger partial charge in [0.15, 0.2) is 11.8 Å². The number of aliphatic hydroxyl groups excluding tert-OH is 2. The fourth-order valence-electron chi connectivity index (χ4n) is 3.74. The zero-order chi connectivity index (χ0) is 28.5. The van der Waals surface area contributed by atoms with E-state index in [-0.39, 0.29) is 22.3 Å². The Balaban J connectivity index is 1.65. The van der Waals surface area contributed by atoms with Crippen molar-refractivity contribution in [3.8, 4) is 11.5 Å². The Morgan fingerprint density at radius 1 is 1.13 bits per heavy atom. The Labute approximate surface area is 232 Å². The Morgan fingerprint density at radius 2 is 1.64 bits per heavy atom. The van der Waals surface area contributed by atoms with Gasteiger partial charge in [-0.1, -0.05) is 47.0 Å². The summed E-state index contributed by atoms with van der Waals surface area (Å²) in [6.07, 6.45) is -8.49. The summed E-state index contributed by atoms with van der Waals surface area (Å²) in [5.41, 5.74) is 3.49. The van der Waals surface area contributed by atoms with E-state index in [1.807, 2.05) is 13.8 Å². The zero-order valence-electron chi connectivity index (χ0n) is 20.6. The van der Waals surface area contributed by atoms with E-state index in [1.165, 1.54) is 0 Å². The molecule has 10 nitrogen and oxygen atoms in total. The lowest BCUT2D eigenvalue weighted by Gasteiger charge is -2.33. The molecule has 0 bridgehead atoms. The van der Waals surface area contributed by atoms with Crippen LogP contribution in [0.25, 0.3) is 0 Å². The van der Waals surface area contributed by atoms with Crippen molar-refractivity contribution in [2.24, 2.45) is 0 Å². The third-order valence-electron chi connectivity index (χ3n) is 5.96. The van der Waals surface area contributed by atoms with Crippen molar-refractivity contribution < 1.29 is 37.3 Å². The number of benzene rings is 2. The van der Waals surface area contributed by atoms with Crippen molar-refractivity contribution in [2.75, 3.05) is 12.3 Å². The molecule has 0 unspecified atom stereocenters. The normalized spacial score (nSPS) is 23.2. The molecule has 1 aromatic heterocycles. The van der Waals surface area contributed by atoms with E-state index >= 15 is 0 Å². The summed E-state index contributed by atoms with van der Waals surface area (Å²) in [5.74, 6) is 0.195. The van der Waals surface area contributed by atoms with Gasteiger partial charge in [-0.05, 0) is 38.1 Å². The average Bonchev–Trinajstić information content (AvgIpc) is 3.14. The first-order valence-corrected chi connectivity index (χ1v) is 14.4. The van der Waals surface area contributed by atoms with E-state index in [2.05, 4.69) is 4.98 Å². The molecule has 0 aliphatic carbocycles. The van der Waals surface area contributed by atoms with Crippen molar-refractivity contribution in [3.63, 3.8) is 0 Å². The molecular formula is C24H25ClF2N3O7PS. The van der Waals surface area contributed by atoms with Crippen LogP contribution in [0.3, 0.4) is 0 Å². The highest BCUT2D eigenvalue weighted by atomic mass is 35.5. The number of hydrogen-bond acceptors (Lipinski definition) is 10. The van der Waals surface area contributed by atoms with Crippen LogP contribution in [0.5, 0.6) is 11.5 Å². The third kappa shape index (κ3) is 6.25. The number of halogens is 3. The van der Waals surface area contributed by atoms with Crippen LogP contribution in [0.1, 0.15) is 17.4 Å². The summed E-state index contributed by atoms with van der Waals surface area (Å²) in [5, 5.41) is 21.2. The van der Waals surface area contributed by atoms with Crippen molar-refractivity contribution in [1.29, 1.82) is 0 Å². The molecule has 1 saturated heterocycles. The second-order valence-electron chi connectivity index (χ2n) is 8.89. The second kappa shape index (κ2) is 11.5. The molecule has 15 heteroatoms. The van der Waals surface area contributed by atoms with Crippen molar-refractivity contribution in [3.05, 3.63) is 81.4 Å². The van der Waals surface area contributed by atoms with Crippen molar-refractivity contribution >= 4 is 35.9 Å². The van der Waals surface area contributed by atoms with Crippen LogP contribution < -0.4 is 20.5 Å². The number of ether oxygens (including phenoxy) is 1. The van der Waals surface area contributed by atoms with E-state index in [9.17, 15) is 23.8 Å². The number of aliphatic hydroxyl groups is 2. The smallest absolute Gasteiger partial charge is 0.416 e. The molecule has 210 valence electrons. The van der Waals surface area contributed by atoms with E-state index in [1.54, 1.807) is 48.5 Å². The van der Waals surface area contributed by atoms with Gasteiger partial charge in [0.25, 0.3) is 6.43 Å². The third-order valence-corrected chi connectivity index (χ3v) is 8.33. The number of nitrogens with two attached hydrogens (primary N) is 1. The van der Waals surface area contributed by atoms with Gasteiger partial charge in [0.05, 0.1) is 11.6 Å². The molecule has 2 heterocycles. The number of aromatic nitrogens is 2. The molecule has 0 spiro atoms. The molecule has 3 aromatic rings. The van der Waals surface area contributed by atoms with E-state index in [4.69, 9.17) is 47.4 Å². The average molecular weight is 604 g/mol. The number of nitrogens with zero attached hydrogens (tertiary/aromatic N) is 2. The number of anilines is 1. The molecule has 1 fully saturated rings. The summed E-state index contributed by atoms with van der Waals surface area (Å²) in [6.45, 7) is -1.23. The van der Waals surface area contributed by atoms with Crippen LogP contribution in [0.4, 0.5) is 14.6 Å². The number of hydrogen-bond donors (Lipinski definition) is 3. The van der Waals surface area contributed by atoms with Gasteiger partial charge in [-0.2, -0.15) is 4.98 Å². The fourth-order valence-corrected chi connectivity index (χ4v) is 5.83. The van der Waals surface area contributed by atoms with Gasteiger partial charge in [-0.25, -0.2) is 13.6 Å². The maximum Gasteiger partial charge on any atom is 0.435 e. The molecule has 2 aromatic carbocycles. The van der Waals surface area contributed by atoms with Crippen LogP contribution in [-0.2, 0) is 21.1 Å². The van der Waals surface area contributed by atoms with Gasteiger partial charge < -0.3 is 29.7 Å². The Morgan fingerprint density at radius 3 is 2.13 bits per heavy atom. The Hall–Kier alpha value is -2.64. The fraction of sp³-hybridized carbons (Fsp3) is 0.333. The molecule has 1 aliphatic heterocycles. The minimum Gasteiger partial charge on any atom is -0.416 e. The maximum atomic E-state index is 14.5. The predicted molar refractivity (Wildman–Crippen MR) is 143 cm³/mol. The summed E-state index contributed by atoms with van der Waals surface area (Å²) >= 11 is 11.5. The van der Waals surface area contributed by atoms with E-state index in [0.717, 1.165) is 17.3 Å². The first-order chi connectivity index (χ1) is 18.3. The van der Waals surface area contributed by atoms with E-state index in [0.29, 0.717) is 4.57 Å². The minimum absolute atomic E-state index is 0.195. The largest absolute Gasteiger partial charge is 0.435 e. The molecule has 4 atom stereocenters. The predicted octanol–water partition coefficient (Wildman–Crippen LogP) is 3.75. The summed E-state index contributed by atoms with van der Waals surface area (Å²) in [7, 11) is 0. The van der Waals surface area contributed by atoms with Gasteiger partial charge in [0.1, 0.15) is 29.5 Å². The number of alkyl halides is 2. The SMILES string of the molecule is Cc1ccc(OP(=S)(OC[C@@]2(C(F)F)O[C@@H](n3cc(Cl)c(N)nc3=O)[C@@H](O)[C@@H]2O)Oc2ccc(C)cc2)cc1. The molecule has 0 amide bonds. The minimum atomic E-state index is -3.88. The highest BCUT2D eigenvalue weighted by Crippen LogP contribution is 2.52. The summed E-state index contributed by atoms with van der Waals surface area (Å²) < 4.78 is 52.5. The number of nitrogen functional groups attached to an aromatic ring is 1. The molecule has 0 radical (unpaired) electrons. The molecule has 4 rings (SSSR count). The quantitative estimate of drug-likeness (QED) is 0.310. The topological polar surface area (TPSA) is 138 Å². The summed E-state index contributed by atoms with van der Waals surface area (Å²) in [4.78, 5) is 15.8. The van der Waals surface area contributed by atoms with Crippen LogP contribution >= 0.6 is 18.3 Å². The monoisotopic (exact) mass is 603 g/mol. The zero-order valence-corrected chi connectivity index (χ0v) is 23.1. The first kappa shape index (κ1) is 29.3. The molecule has 39 heavy (non-hydrogen) atoms.